The van der Waals surface area contributed by atoms with Crippen LogP contribution in [0.1, 0.15) is 25.8 Å². The van der Waals surface area contributed by atoms with E-state index in [0.717, 1.165) is 38.4 Å². The minimum Gasteiger partial charge on any atom is -0.493 e. The number of nitrogens with one attached hydrogen (secondary N) is 1. The van der Waals surface area contributed by atoms with Crippen LogP contribution in [0.25, 0.3) is 0 Å². The minimum atomic E-state index is 0.410. The van der Waals surface area contributed by atoms with Crippen LogP contribution in [-0.4, -0.2) is 40.6 Å². The molecule has 0 aliphatic carbocycles. The molecule has 1 atom stereocenters. The molecule has 1 saturated heterocycles. The molecule has 1 aromatic carbocycles. The quantitative estimate of drug-likeness (QED) is 0.847. The van der Waals surface area contributed by atoms with Crippen molar-refractivity contribution in [2.45, 2.75) is 32.9 Å². The average molecular weight is 326 g/mol. The van der Waals surface area contributed by atoms with Crippen LogP contribution in [0, 0.1) is 5.92 Å². The molecule has 5 nitrogen and oxygen atoms in total. The maximum absolute atomic E-state index is 5.83. The summed E-state index contributed by atoms with van der Waals surface area (Å²) in [6.45, 7) is 8.13. The van der Waals surface area contributed by atoms with Gasteiger partial charge in [0.2, 0.25) is 5.95 Å². The van der Waals surface area contributed by atoms with Crippen molar-refractivity contribution in [2.75, 3.05) is 25.0 Å². The van der Waals surface area contributed by atoms with Crippen LogP contribution in [0.5, 0.6) is 5.75 Å². The van der Waals surface area contributed by atoms with Gasteiger partial charge in [-0.05, 0) is 36.1 Å². The molecule has 3 rings (SSSR count). The van der Waals surface area contributed by atoms with Crippen LogP contribution in [0.4, 0.5) is 5.95 Å². The van der Waals surface area contributed by atoms with Crippen molar-refractivity contribution < 1.29 is 4.74 Å². The second kappa shape index (κ2) is 8.11. The van der Waals surface area contributed by atoms with E-state index in [1.807, 2.05) is 12.1 Å². The Morgan fingerprint density at radius 2 is 2.08 bits per heavy atom. The van der Waals surface area contributed by atoms with Gasteiger partial charge in [-0.25, -0.2) is 9.97 Å². The first-order valence-corrected chi connectivity index (χ1v) is 8.66. The number of hydrogen-bond acceptors (Lipinski definition) is 5. The zero-order valence-corrected chi connectivity index (χ0v) is 14.5. The fourth-order valence-electron chi connectivity index (χ4n) is 2.90. The molecule has 2 aromatic rings. The predicted molar refractivity (Wildman–Crippen MR) is 96.1 cm³/mol. The van der Waals surface area contributed by atoms with Gasteiger partial charge in [-0.3, -0.25) is 4.90 Å². The maximum Gasteiger partial charge on any atom is 0.222 e. The summed E-state index contributed by atoms with van der Waals surface area (Å²) in [4.78, 5) is 10.9. The first kappa shape index (κ1) is 16.7. The number of hydrogen-bond donors (Lipinski definition) is 1. The van der Waals surface area contributed by atoms with Gasteiger partial charge in [0.15, 0.2) is 0 Å². The Balaban J connectivity index is 1.51. The lowest BCUT2D eigenvalue weighted by atomic mass is 10.2. The second-order valence-electron chi connectivity index (χ2n) is 6.79. The maximum atomic E-state index is 5.83. The van der Waals surface area contributed by atoms with Crippen molar-refractivity contribution in [3.63, 3.8) is 0 Å². The highest BCUT2D eigenvalue weighted by Crippen LogP contribution is 2.19. The predicted octanol–water partition coefficient (Wildman–Crippen LogP) is 3.20. The third kappa shape index (κ3) is 4.93. The van der Waals surface area contributed by atoms with E-state index in [2.05, 4.69) is 52.2 Å². The summed E-state index contributed by atoms with van der Waals surface area (Å²) in [5.74, 6) is 2.22. The van der Waals surface area contributed by atoms with Gasteiger partial charge >= 0.3 is 0 Å². The lowest BCUT2D eigenvalue weighted by Gasteiger charge is -2.17. The van der Waals surface area contributed by atoms with Crippen molar-refractivity contribution in [1.29, 1.82) is 0 Å². The number of anilines is 1. The Labute approximate surface area is 144 Å². The molecule has 1 N–H and O–H groups in total. The average Bonchev–Trinajstić information content (AvgIpc) is 3.01. The normalized spacial score (nSPS) is 18.0. The van der Waals surface area contributed by atoms with Gasteiger partial charge in [0.05, 0.1) is 6.61 Å². The molecule has 1 aliphatic rings. The van der Waals surface area contributed by atoms with Crippen LogP contribution in [0.15, 0.2) is 42.7 Å². The summed E-state index contributed by atoms with van der Waals surface area (Å²) >= 11 is 0. The first-order valence-electron chi connectivity index (χ1n) is 8.66. The Hall–Kier alpha value is -2.14. The van der Waals surface area contributed by atoms with E-state index in [-0.39, 0.29) is 0 Å². The molecule has 5 heteroatoms. The van der Waals surface area contributed by atoms with Gasteiger partial charge in [-0.1, -0.05) is 26.0 Å². The zero-order chi connectivity index (χ0) is 16.8. The van der Waals surface area contributed by atoms with Gasteiger partial charge in [-0.15, -0.1) is 0 Å². The molecule has 1 unspecified atom stereocenters. The third-order valence-electron chi connectivity index (χ3n) is 4.06. The van der Waals surface area contributed by atoms with E-state index in [4.69, 9.17) is 4.74 Å². The largest absolute Gasteiger partial charge is 0.493 e. The molecule has 1 fully saturated rings. The number of nitrogens with zero attached hydrogens (tertiary/aromatic N) is 3. The van der Waals surface area contributed by atoms with Crippen LogP contribution >= 0.6 is 0 Å². The van der Waals surface area contributed by atoms with Crippen LogP contribution in [-0.2, 0) is 6.54 Å². The number of likely N-dealkylation sites (tertiary alicyclic amines) is 1. The fraction of sp³-hybridized carbons (Fsp3) is 0.474. The zero-order valence-electron chi connectivity index (χ0n) is 14.5. The summed E-state index contributed by atoms with van der Waals surface area (Å²) in [6, 6.07) is 10.7. The highest BCUT2D eigenvalue weighted by atomic mass is 16.5. The number of aromatic nitrogens is 2. The highest BCUT2D eigenvalue weighted by Gasteiger charge is 2.22. The van der Waals surface area contributed by atoms with E-state index in [1.54, 1.807) is 12.4 Å². The van der Waals surface area contributed by atoms with Crippen molar-refractivity contribution >= 4 is 5.95 Å². The van der Waals surface area contributed by atoms with Gasteiger partial charge in [0.1, 0.15) is 5.75 Å². The number of benzene rings is 1. The fourth-order valence-corrected chi connectivity index (χ4v) is 2.90. The van der Waals surface area contributed by atoms with Crippen LogP contribution < -0.4 is 10.1 Å². The Morgan fingerprint density at radius 3 is 2.88 bits per heavy atom. The van der Waals surface area contributed by atoms with E-state index >= 15 is 0 Å². The molecule has 2 heterocycles. The van der Waals surface area contributed by atoms with E-state index in [1.165, 1.54) is 5.56 Å². The SMILES string of the molecule is CC(C)COc1cccc(CN2CCC(Nc3ncccn3)C2)c1. The van der Waals surface area contributed by atoms with Gasteiger partial charge in [0.25, 0.3) is 0 Å². The Bertz CT molecular complexity index is 632. The smallest absolute Gasteiger partial charge is 0.222 e. The first-order chi connectivity index (χ1) is 11.7. The molecule has 0 amide bonds. The summed E-state index contributed by atoms with van der Waals surface area (Å²) in [5.41, 5.74) is 1.30. The summed E-state index contributed by atoms with van der Waals surface area (Å²) in [6.07, 6.45) is 4.65. The van der Waals surface area contributed by atoms with Crippen molar-refractivity contribution in [2.24, 2.45) is 5.92 Å². The molecule has 0 spiro atoms. The molecule has 0 bridgehead atoms. The molecule has 128 valence electrons. The third-order valence-corrected chi connectivity index (χ3v) is 4.06. The molecule has 24 heavy (non-hydrogen) atoms. The molecule has 1 aliphatic heterocycles. The van der Waals surface area contributed by atoms with Crippen molar-refractivity contribution in [1.82, 2.24) is 14.9 Å². The highest BCUT2D eigenvalue weighted by molar-refractivity contribution is 5.29. The summed E-state index contributed by atoms with van der Waals surface area (Å²) in [7, 11) is 0. The van der Waals surface area contributed by atoms with Gasteiger partial charge < -0.3 is 10.1 Å². The molecule has 0 radical (unpaired) electrons. The van der Waals surface area contributed by atoms with Gasteiger partial charge in [-0.2, -0.15) is 0 Å². The monoisotopic (exact) mass is 326 g/mol. The molecular weight excluding hydrogens is 300 g/mol. The summed E-state index contributed by atoms with van der Waals surface area (Å²) in [5, 5.41) is 3.41. The molecule has 0 saturated carbocycles. The van der Waals surface area contributed by atoms with E-state index < -0.39 is 0 Å². The second-order valence-corrected chi connectivity index (χ2v) is 6.79. The summed E-state index contributed by atoms with van der Waals surface area (Å²) < 4.78 is 5.83. The number of rotatable bonds is 7. The van der Waals surface area contributed by atoms with Crippen molar-refractivity contribution in [3.05, 3.63) is 48.3 Å². The van der Waals surface area contributed by atoms with Crippen LogP contribution in [0.2, 0.25) is 0 Å². The van der Waals surface area contributed by atoms with E-state index in [9.17, 15) is 0 Å². The van der Waals surface area contributed by atoms with Gasteiger partial charge in [0, 0.05) is 38.1 Å². The van der Waals surface area contributed by atoms with Crippen LogP contribution in [0.3, 0.4) is 0 Å². The Kier molecular flexibility index (Phi) is 5.64. The number of ether oxygens (including phenoxy) is 1. The topological polar surface area (TPSA) is 50.3 Å². The molecule has 1 aromatic heterocycles. The lowest BCUT2D eigenvalue weighted by molar-refractivity contribution is 0.270. The lowest BCUT2D eigenvalue weighted by Crippen LogP contribution is -2.26. The van der Waals surface area contributed by atoms with E-state index in [0.29, 0.717) is 17.9 Å². The molecular formula is C19H26N4O. The van der Waals surface area contributed by atoms with Crippen molar-refractivity contribution in [3.8, 4) is 5.75 Å². The standard InChI is InChI=1S/C19H26N4O/c1-15(2)14-24-18-6-3-5-16(11-18)12-23-10-7-17(13-23)22-19-20-8-4-9-21-19/h3-6,8-9,11,15,17H,7,10,12-14H2,1-2H3,(H,20,21,22). The Morgan fingerprint density at radius 1 is 1.25 bits per heavy atom. The minimum absolute atomic E-state index is 0.410.